The maximum absolute atomic E-state index is 12.1. The van der Waals surface area contributed by atoms with Crippen LogP contribution in [0.2, 0.25) is 0 Å². The molecule has 3 N–H and O–H groups in total. The van der Waals surface area contributed by atoms with Crippen LogP contribution in [0.5, 0.6) is 0 Å². The van der Waals surface area contributed by atoms with E-state index in [0.717, 1.165) is 17.7 Å². The summed E-state index contributed by atoms with van der Waals surface area (Å²) in [4.78, 5) is 2.50. The first-order valence-electron chi connectivity index (χ1n) is 6.95. The summed E-state index contributed by atoms with van der Waals surface area (Å²) in [5.74, 6) is -0.0786. The molecular weight excluding hydrogens is 304 g/mol. The van der Waals surface area contributed by atoms with Crippen LogP contribution in [0, 0.1) is 0 Å². The normalized spacial score (nSPS) is 14.3. The molecule has 0 bridgehead atoms. The number of nitrogen functional groups attached to an aromatic ring is 1. The molecule has 1 aromatic heterocycles. The van der Waals surface area contributed by atoms with Gasteiger partial charge in [0.1, 0.15) is 0 Å². The minimum absolute atomic E-state index is 0.0786. The van der Waals surface area contributed by atoms with Crippen molar-refractivity contribution in [2.75, 3.05) is 5.73 Å². The zero-order chi connectivity index (χ0) is 14.9. The number of nitrogens with one attached hydrogen (secondary N) is 1. The molecule has 0 radical (unpaired) electrons. The van der Waals surface area contributed by atoms with Crippen molar-refractivity contribution in [1.29, 1.82) is 0 Å². The number of rotatable bonds is 5. The van der Waals surface area contributed by atoms with Gasteiger partial charge in [0.2, 0.25) is 10.0 Å². The van der Waals surface area contributed by atoms with Gasteiger partial charge in [-0.1, -0.05) is 18.2 Å². The quantitative estimate of drug-likeness (QED) is 0.831. The van der Waals surface area contributed by atoms with Crippen LogP contribution in [-0.2, 0) is 35.2 Å². The van der Waals surface area contributed by atoms with E-state index in [-0.39, 0.29) is 5.75 Å². The molecular formula is C15H18N2O2S2. The van der Waals surface area contributed by atoms with E-state index >= 15 is 0 Å². The van der Waals surface area contributed by atoms with Crippen molar-refractivity contribution in [2.45, 2.75) is 31.6 Å². The summed E-state index contributed by atoms with van der Waals surface area (Å²) in [5.41, 5.74) is 8.33. The van der Waals surface area contributed by atoms with E-state index < -0.39 is 10.0 Å². The van der Waals surface area contributed by atoms with Crippen molar-refractivity contribution >= 4 is 27.0 Å². The Kier molecular flexibility index (Phi) is 4.01. The maximum Gasteiger partial charge on any atom is 0.216 e. The van der Waals surface area contributed by atoms with E-state index in [2.05, 4.69) is 10.8 Å². The van der Waals surface area contributed by atoms with Gasteiger partial charge >= 0.3 is 0 Å². The number of fused-ring (bicyclic) bond motifs is 1. The van der Waals surface area contributed by atoms with Crippen LogP contribution in [-0.4, -0.2) is 8.42 Å². The topological polar surface area (TPSA) is 72.2 Å². The number of hydrogen-bond acceptors (Lipinski definition) is 4. The van der Waals surface area contributed by atoms with Gasteiger partial charge in [0.25, 0.3) is 0 Å². The third-order valence-electron chi connectivity index (χ3n) is 3.66. The van der Waals surface area contributed by atoms with E-state index in [4.69, 9.17) is 5.73 Å². The molecule has 1 aliphatic rings. The van der Waals surface area contributed by atoms with Gasteiger partial charge in [-0.15, -0.1) is 11.3 Å². The predicted octanol–water partition coefficient (Wildman–Crippen LogP) is 2.44. The lowest BCUT2D eigenvalue weighted by molar-refractivity contribution is 0.581. The molecule has 1 aromatic carbocycles. The molecule has 0 saturated carbocycles. The monoisotopic (exact) mass is 322 g/mol. The van der Waals surface area contributed by atoms with Crippen LogP contribution in [0.3, 0.4) is 0 Å². The summed E-state index contributed by atoms with van der Waals surface area (Å²) in [5, 5.41) is 0. The number of benzene rings is 1. The Hall–Kier alpha value is -1.37. The van der Waals surface area contributed by atoms with Gasteiger partial charge in [0.05, 0.1) is 5.75 Å². The predicted molar refractivity (Wildman–Crippen MR) is 86.7 cm³/mol. The van der Waals surface area contributed by atoms with Gasteiger partial charge in [-0.25, -0.2) is 13.1 Å². The Balaban J connectivity index is 1.64. The number of anilines is 1. The Morgan fingerprint density at radius 3 is 2.81 bits per heavy atom. The van der Waals surface area contributed by atoms with Crippen molar-refractivity contribution in [3.8, 4) is 0 Å². The molecule has 21 heavy (non-hydrogen) atoms. The summed E-state index contributed by atoms with van der Waals surface area (Å²) >= 11 is 1.72. The molecule has 0 aliphatic heterocycles. The first-order valence-corrected chi connectivity index (χ1v) is 9.41. The standard InChI is InChI=1S/C15H18N2O2S2/c16-14-6-2-1-4-12(14)10-21(18,19)17-9-13-8-11-5-3-7-15(11)20-13/h1-2,4,6,8,17H,3,5,7,9-10,16H2. The summed E-state index contributed by atoms with van der Waals surface area (Å²) in [7, 11) is -3.37. The third-order valence-corrected chi connectivity index (χ3v) is 6.18. The third kappa shape index (κ3) is 3.45. The molecule has 0 unspecified atom stereocenters. The second-order valence-electron chi connectivity index (χ2n) is 5.29. The zero-order valence-corrected chi connectivity index (χ0v) is 13.3. The van der Waals surface area contributed by atoms with E-state index in [1.165, 1.54) is 16.9 Å². The van der Waals surface area contributed by atoms with Gasteiger partial charge in [0.15, 0.2) is 0 Å². The summed E-state index contributed by atoms with van der Waals surface area (Å²) in [6.45, 7) is 0.368. The van der Waals surface area contributed by atoms with Crippen LogP contribution in [0.4, 0.5) is 5.69 Å². The molecule has 1 heterocycles. The smallest absolute Gasteiger partial charge is 0.216 e. The first-order chi connectivity index (χ1) is 10.0. The van der Waals surface area contributed by atoms with E-state index in [1.54, 1.807) is 35.6 Å². The lowest BCUT2D eigenvalue weighted by Gasteiger charge is -2.08. The van der Waals surface area contributed by atoms with Crippen LogP contribution in [0.25, 0.3) is 0 Å². The molecule has 112 valence electrons. The fourth-order valence-corrected chi connectivity index (χ4v) is 5.02. The van der Waals surface area contributed by atoms with Crippen molar-refractivity contribution in [2.24, 2.45) is 0 Å². The number of thiophene rings is 1. The number of hydrogen-bond donors (Lipinski definition) is 2. The van der Waals surface area contributed by atoms with Crippen molar-refractivity contribution < 1.29 is 8.42 Å². The summed E-state index contributed by atoms with van der Waals surface area (Å²) in [6, 6.07) is 9.19. The van der Waals surface area contributed by atoms with Crippen molar-refractivity contribution in [3.05, 3.63) is 51.2 Å². The Bertz CT molecular complexity index is 729. The first kappa shape index (κ1) is 14.6. The summed E-state index contributed by atoms with van der Waals surface area (Å²) in [6.07, 6.45) is 3.48. The minimum atomic E-state index is -3.37. The molecule has 1 aliphatic carbocycles. The highest BCUT2D eigenvalue weighted by molar-refractivity contribution is 7.88. The Morgan fingerprint density at radius 2 is 2.05 bits per heavy atom. The second kappa shape index (κ2) is 5.79. The lowest BCUT2D eigenvalue weighted by atomic mass is 10.2. The van der Waals surface area contributed by atoms with E-state index in [9.17, 15) is 8.42 Å². The minimum Gasteiger partial charge on any atom is -0.398 e. The number of aryl methyl sites for hydroxylation is 2. The molecule has 3 rings (SSSR count). The molecule has 2 aromatic rings. The van der Waals surface area contributed by atoms with Gasteiger partial charge < -0.3 is 5.73 Å². The molecule has 0 atom stereocenters. The fraction of sp³-hybridized carbons (Fsp3) is 0.333. The van der Waals surface area contributed by atoms with Gasteiger partial charge in [-0.05, 0) is 42.5 Å². The van der Waals surface area contributed by atoms with Crippen LogP contribution >= 0.6 is 11.3 Å². The molecule has 0 saturated heterocycles. The molecule has 0 spiro atoms. The second-order valence-corrected chi connectivity index (χ2v) is 8.32. The van der Waals surface area contributed by atoms with Crippen molar-refractivity contribution in [3.63, 3.8) is 0 Å². The zero-order valence-electron chi connectivity index (χ0n) is 11.6. The van der Waals surface area contributed by atoms with Crippen LogP contribution in [0.1, 0.15) is 27.3 Å². The summed E-state index contributed by atoms with van der Waals surface area (Å²) < 4.78 is 26.9. The van der Waals surface area contributed by atoms with Gasteiger partial charge in [-0.3, -0.25) is 0 Å². The average molecular weight is 322 g/mol. The molecule has 6 heteroatoms. The lowest BCUT2D eigenvalue weighted by Crippen LogP contribution is -2.24. The maximum atomic E-state index is 12.1. The molecule has 4 nitrogen and oxygen atoms in total. The Labute approximate surface area is 129 Å². The highest BCUT2D eigenvalue weighted by Gasteiger charge is 2.17. The van der Waals surface area contributed by atoms with Crippen LogP contribution < -0.4 is 10.5 Å². The average Bonchev–Trinajstić information content (AvgIpc) is 3.00. The van der Waals surface area contributed by atoms with Gasteiger partial charge in [0, 0.05) is 22.0 Å². The number of nitrogens with two attached hydrogens (primary N) is 1. The van der Waals surface area contributed by atoms with E-state index in [1.807, 2.05) is 0 Å². The van der Waals surface area contributed by atoms with Crippen LogP contribution in [0.15, 0.2) is 30.3 Å². The largest absolute Gasteiger partial charge is 0.398 e. The number of sulfonamides is 1. The van der Waals surface area contributed by atoms with Crippen molar-refractivity contribution in [1.82, 2.24) is 4.72 Å². The molecule has 0 fully saturated rings. The number of para-hydroxylation sites is 1. The highest BCUT2D eigenvalue weighted by Crippen LogP contribution is 2.30. The van der Waals surface area contributed by atoms with E-state index in [0.29, 0.717) is 17.8 Å². The SMILES string of the molecule is Nc1ccccc1CS(=O)(=O)NCc1cc2c(s1)CCC2. The Morgan fingerprint density at radius 1 is 1.24 bits per heavy atom. The fourth-order valence-electron chi connectivity index (χ4n) is 2.58. The molecule has 0 amide bonds. The van der Waals surface area contributed by atoms with Gasteiger partial charge in [-0.2, -0.15) is 0 Å². The highest BCUT2D eigenvalue weighted by atomic mass is 32.2.